The summed E-state index contributed by atoms with van der Waals surface area (Å²) in [5.41, 5.74) is 0. The van der Waals surface area contributed by atoms with Crippen LogP contribution in [0.1, 0.15) is 34.6 Å². The zero-order valence-electron chi connectivity index (χ0n) is 13.2. The summed E-state index contributed by atoms with van der Waals surface area (Å²) < 4.78 is 22.0. The molecule has 0 saturated heterocycles. The van der Waals surface area contributed by atoms with E-state index in [2.05, 4.69) is 57.2 Å². The second-order valence-corrected chi connectivity index (χ2v) is 13.8. The van der Waals surface area contributed by atoms with Crippen molar-refractivity contribution in [3.8, 4) is 0 Å². The van der Waals surface area contributed by atoms with Crippen LogP contribution in [0.15, 0.2) is 11.2 Å². The van der Waals surface area contributed by atoms with Crippen molar-refractivity contribution in [2.45, 2.75) is 58.8 Å². The Bertz CT molecular complexity index is 476. The lowest BCUT2D eigenvalue weighted by atomic mass is 10.2. The van der Waals surface area contributed by atoms with Gasteiger partial charge in [-0.1, -0.05) is 33.9 Å². The summed E-state index contributed by atoms with van der Waals surface area (Å²) in [6, 6.07) is 0.312. The largest absolute Gasteiger partial charge is 0.371 e. The highest BCUT2D eigenvalue weighted by molar-refractivity contribution is 7.94. The van der Waals surface area contributed by atoms with Gasteiger partial charge in [-0.15, -0.1) is 0 Å². The van der Waals surface area contributed by atoms with E-state index in [0.717, 1.165) is 0 Å². The molecule has 112 valence electrons. The van der Waals surface area contributed by atoms with Crippen LogP contribution in [0.3, 0.4) is 0 Å². The van der Waals surface area contributed by atoms with Crippen molar-refractivity contribution in [2.24, 2.45) is 5.14 Å². The molecule has 0 radical (unpaired) electrons. The Balaban J connectivity index is 3.26. The van der Waals surface area contributed by atoms with E-state index in [-0.39, 0.29) is 5.04 Å². The van der Waals surface area contributed by atoms with Crippen LogP contribution in [-0.4, -0.2) is 34.6 Å². The molecule has 5 nitrogen and oxygen atoms in total. The van der Waals surface area contributed by atoms with Crippen molar-refractivity contribution < 1.29 is 4.21 Å². The Morgan fingerprint density at radius 2 is 1.89 bits per heavy atom. The summed E-state index contributed by atoms with van der Waals surface area (Å²) in [5.74, 6) is 0. The van der Waals surface area contributed by atoms with E-state index in [1.807, 2.05) is 6.20 Å². The molecule has 0 aromatic heterocycles. The first-order chi connectivity index (χ1) is 8.28. The van der Waals surface area contributed by atoms with E-state index < -0.39 is 18.2 Å². The predicted molar refractivity (Wildman–Crippen MR) is 84.0 cm³/mol. The Labute approximate surface area is 119 Å². The molecule has 1 aliphatic rings. The third-order valence-electron chi connectivity index (χ3n) is 4.33. The molecule has 1 heterocycles. The number of nitrogens with two attached hydrogens (primary N) is 1. The van der Waals surface area contributed by atoms with Crippen molar-refractivity contribution in [1.82, 2.24) is 9.47 Å². The average Bonchev–Trinajstić information content (AvgIpc) is 2.59. The summed E-state index contributed by atoms with van der Waals surface area (Å²) in [6.07, 6.45) is 1.82. The Morgan fingerprint density at radius 1 is 1.42 bits per heavy atom. The fourth-order valence-electron chi connectivity index (χ4n) is 1.90. The highest BCUT2D eigenvalue weighted by Gasteiger charge is 2.46. The van der Waals surface area contributed by atoms with Crippen molar-refractivity contribution in [3.63, 3.8) is 0 Å². The molecule has 0 amide bonds. The van der Waals surface area contributed by atoms with E-state index >= 15 is 0 Å². The fourth-order valence-corrected chi connectivity index (χ4v) is 5.60. The zero-order valence-corrected chi connectivity index (χ0v) is 15.0. The van der Waals surface area contributed by atoms with Crippen LogP contribution >= 0.6 is 0 Å². The minimum atomic E-state index is -3.18. The Kier molecular flexibility index (Phi) is 4.16. The van der Waals surface area contributed by atoms with Crippen molar-refractivity contribution >= 4 is 18.2 Å². The van der Waals surface area contributed by atoms with Crippen LogP contribution in [-0.2, 0) is 9.92 Å². The minimum absolute atomic E-state index is 0.115. The first kappa shape index (κ1) is 16.5. The van der Waals surface area contributed by atoms with E-state index in [9.17, 15) is 4.21 Å². The molecule has 1 unspecified atom stereocenters. The second-order valence-electron chi connectivity index (χ2n) is 7.05. The lowest BCUT2D eigenvalue weighted by molar-refractivity contribution is 0.275. The second kappa shape index (κ2) is 4.78. The third kappa shape index (κ3) is 3.14. The topological polar surface area (TPSA) is 73.4 Å². The van der Waals surface area contributed by atoms with Crippen LogP contribution in [0.4, 0.5) is 0 Å². The van der Waals surface area contributed by atoms with Crippen molar-refractivity contribution in [2.75, 3.05) is 6.67 Å². The first-order valence-corrected chi connectivity index (χ1v) is 11.2. The lowest BCUT2D eigenvalue weighted by Crippen LogP contribution is -2.56. The molecule has 0 aromatic rings. The Hall–Kier alpha value is -0.533. The van der Waals surface area contributed by atoms with Crippen molar-refractivity contribution in [1.29, 1.82) is 4.78 Å². The van der Waals surface area contributed by atoms with Gasteiger partial charge in [-0.3, -0.25) is 0 Å². The van der Waals surface area contributed by atoms with E-state index in [4.69, 9.17) is 9.92 Å². The monoisotopic (exact) mass is 304 g/mol. The van der Waals surface area contributed by atoms with E-state index in [1.54, 1.807) is 0 Å². The summed E-state index contributed by atoms with van der Waals surface area (Å²) in [7, 11) is -5.07. The smallest absolute Gasteiger partial charge is 0.158 e. The number of rotatable bonds is 3. The van der Waals surface area contributed by atoms with Crippen molar-refractivity contribution in [3.05, 3.63) is 11.2 Å². The highest BCUT2D eigenvalue weighted by Crippen LogP contribution is 2.42. The van der Waals surface area contributed by atoms with Gasteiger partial charge in [0.1, 0.15) is 14.9 Å². The van der Waals surface area contributed by atoms with E-state index in [1.165, 1.54) is 0 Å². The van der Waals surface area contributed by atoms with Gasteiger partial charge in [0.05, 0.1) is 6.67 Å². The number of hydrogen-bond acceptors (Lipinski definition) is 4. The molecule has 7 heteroatoms. The minimum Gasteiger partial charge on any atom is -0.371 e. The van der Waals surface area contributed by atoms with Crippen LogP contribution < -0.4 is 5.14 Å². The molecule has 1 rings (SSSR count). The summed E-state index contributed by atoms with van der Waals surface area (Å²) in [6.45, 7) is 16.0. The molecule has 0 saturated carbocycles. The maximum Gasteiger partial charge on any atom is 0.158 e. The van der Waals surface area contributed by atoms with Crippen LogP contribution in [0.2, 0.25) is 18.1 Å². The summed E-state index contributed by atoms with van der Waals surface area (Å²) in [5, 5.41) is 6.22. The molecule has 3 N–H and O–H groups in total. The van der Waals surface area contributed by atoms with Gasteiger partial charge in [-0.25, -0.2) is 14.1 Å². The van der Waals surface area contributed by atoms with Gasteiger partial charge in [0.2, 0.25) is 0 Å². The van der Waals surface area contributed by atoms with Gasteiger partial charge in [-0.05, 0) is 18.9 Å². The molecule has 0 aliphatic carbocycles. The maximum atomic E-state index is 12.1. The number of nitrogens with one attached hydrogen (secondary N) is 1. The lowest BCUT2D eigenvalue weighted by Gasteiger charge is -2.46. The standard InChI is InChI=1S/C12H28N4OSSi/c1-10(2)15-8-11(18(13,14)17)16(9-15)19(6,7)12(3,4)5/h8,10H,9H2,1-7H3,(H3,13,14,17). The molecule has 0 aromatic carbocycles. The molecule has 0 bridgehead atoms. The van der Waals surface area contributed by atoms with Gasteiger partial charge in [0, 0.05) is 12.2 Å². The third-order valence-corrected chi connectivity index (χ3v) is 10.8. The normalized spacial score (nSPS) is 20.8. The number of nitrogens with zero attached hydrogens (tertiary/aromatic N) is 2. The SMILES string of the molecule is CC(C)N1C=C(S(=N)(N)=O)N([Si](C)(C)C(C)(C)C)C1. The quantitative estimate of drug-likeness (QED) is 0.787. The molecule has 1 aliphatic heterocycles. The Morgan fingerprint density at radius 3 is 2.21 bits per heavy atom. The van der Waals surface area contributed by atoms with E-state index in [0.29, 0.717) is 17.7 Å². The molecular weight excluding hydrogens is 276 g/mol. The molecule has 19 heavy (non-hydrogen) atoms. The van der Waals surface area contributed by atoms with Gasteiger partial charge in [0.15, 0.2) is 8.24 Å². The average molecular weight is 305 g/mol. The van der Waals surface area contributed by atoms with Gasteiger partial charge >= 0.3 is 0 Å². The van der Waals surface area contributed by atoms with Crippen LogP contribution in [0.25, 0.3) is 0 Å². The summed E-state index contributed by atoms with van der Waals surface area (Å²) >= 11 is 0. The first-order valence-electron chi connectivity index (χ1n) is 6.60. The highest BCUT2D eigenvalue weighted by atomic mass is 32.2. The van der Waals surface area contributed by atoms with Gasteiger partial charge in [-0.2, -0.15) is 0 Å². The van der Waals surface area contributed by atoms with Crippen LogP contribution in [0, 0.1) is 4.78 Å². The fraction of sp³-hybridized carbons (Fsp3) is 0.833. The maximum absolute atomic E-state index is 12.1. The summed E-state index contributed by atoms with van der Waals surface area (Å²) in [4.78, 5) is 2.11. The van der Waals surface area contributed by atoms with Gasteiger partial charge < -0.3 is 9.47 Å². The molecule has 0 spiro atoms. The molecule has 1 atom stereocenters. The zero-order chi connectivity index (χ0) is 15.2. The van der Waals surface area contributed by atoms with Crippen LogP contribution in [0.5, 0.6) is 0 Å². The molecular formula is C12H28N4OSSi. The number of hydrogen-bond donors (Lipinski definition) is 2. The molecule has 0 fully saturated rings. The van der Waals surface area contributed by atoms with Gasteiger partial charge in [0.25, 0.3) is 0 Å². The predicted octanol–water partition coefficient (Wildman–Crippen LogP) is 2.69.